The molecule has 0 spiro atoms. The number of rotatable bonds is 6. The van der Waals surface area contributed by atoms with E-state index in [-0.39, 0.29) is 18.2 Å². The van der Waals surface area contributed by atoms with Crippen molar-refractivity contribution in [1.29, 1.82) is 0 Å². The Morgan fingerprint density at radius 2 is 1.67 bits per heavy atom. The first-order chi connectivity index (χ1) is 11.5. The van der Waals surface area contributed by atoms with Crippen LogP contribution in [-0.2, 0) is 16.6 Å². The van der Waals surface area contributed by atoms with E-state index >= 15 is 0 Å². The van der Waals surface area contributed by atoms with Crippen LogP contribution in [0.5, 0.6) is 23.0 Å². The molecule has 0 unspecified atom stereocenters. The normalized spacial score (nSPS) is 12.9. The van der Waals surface area contributed by atoms with Crippen LogP contribution >= 0.6 is 0 Å². The maximum absolute atomic E-state index is 12.4. The summed E-state index contributed by atoms with van der Waals surface area (Å²) in [5, 5.41) is 0. The summed E-state index contributed by atoms with van der Waals surface area (Å²) in [5.41, 5.74) is 0.718. The second-order valence-electron chi connectivity index (χ2n) is 5.06. The zero-order chi connectivity index (χ0) is 17.2. The lowest BCUT2D eigenvalue weighted by Gasteiger charge is -2.10. The van der Waals surface area contributed by atoms with E-state index in [0.29, 0.717) is 23.0 Å². The van der Waals surface area contributed by atoms with Crippen LogP contribution < -0.4 is 23.7 Å². The number of ether oxygens (including phenoxy) is 4. The lowest BCUT2D eigenvalue weighted by molar-refractivity contribution is 0.174. The van der Waals surface area contributed by atoms with E-state index in [9.17, 15) is 8.42 Å². The van der Waals surface area contributed by atoms with Gasteiger partial charge in [-0.05, 0) is 29.8 Å². The smallest absolute Gasteiger partial charge is 0.241 e. The average molecular weight is 351 g/mol. The van der Waals surface area contributed by atoms with Gasteiger partial charge in [0.2, 0.25) is 16.8 Å². The molecule has 3 rings (SSSR count). The summed E-state index contributed by atoms with van der Waals surface area (Å²) in [5.74, 6) is 2.13. The summed E-state index contributed by atoms with van der Waals surface area (Å²) >= 11 is 0. The van der Waals surface area contributed by atoms with Gasteiger partial charge in [-0.15, -0.1) is 0 Å². The fraction of sp³-hybridized carbons (Fsp3) is 0.250. The number of sulfonamides is 1. The van der Waals surface area contributed by atoms with E-state index in [1.807, 2.05) is 0 Å². The second kappa shape index (κ2) is 6.58. The molecule has 128 valence electrons. The van der Waals surface area contributed by atoms with Crippen molar-refractivity contribution in [3.63, 3.8) is 0 Å². The molecule has 1 aliphatic rings. The van der Waals surface area contributed by atoms with Gasteiger partial charge < -0.3 is 18.9 Å². The topological polar surface area (TPSA) is 83.1 Å². The summed E-state index contributed by atoms with van der Waals surface area (Å²) in [4.78, 5) is 0.113. The first-order valence-electron chi connectivity index (χ1n) is 7.13. The number of benzene rings is 2. The third-order valence-electron chi connectivity index (χ3n) is 3.53. The first kappa shape index (κ1) is 16.4. The van der Waals surface area contributed by atoms with Crippen molar-refractivity contribution < 1.29 is 27.4 Å². The van der Waals surface area contributed by atoms with E-state index < -0.39 is 10.0 Å². The van der Waals surface area contributed by atoms with Gasteiger partial charge in [-0.3, -0.25) is 0 Å². The molecule has 0 aromatic heterocycles. The summed E-state index contributed by atoms with van der Waals surface area (Å²) in [6, 6.07) is 9.69. The van der Waals surface area contributed by atoms with Crippen molar-refractivity contribution in [3.8, 4) is 23.0 Å². The van der Waals surface area contributed by atoms with Crippen LogP contribution in [0.1, 0.15) is 5.56 Å². The number of nitrogens with one attached hydrogen (secondary N) is 1. The van der Waals surface area contributed by atoms with Crippen LogP contribution in [0.25, 0.3) is 0 Å². The Morgan fingerprint density at radius 3 is 2.33 bits per heavy atom. The third kappa shape index (κ3) is 3.39. The predicted octanol–water partition coefficient (Wildman–Crippen LogP) is 1.91. The van der Waals surface area contributed by atoms with Gasteiger partial charge in [0.1, 0.15) is 11.5 Å². The molecule has 0 atom stereocenters. The Hall–Kier alpha value is -2.45. The Balaban J connectivity index is 1.78. The Kier molecular flexibility index (Phi) is 4.50. The molecule has 1 N–H and O–H groups in total. The maximum atomic E-state index is 12.4. The Morgan fingerprint density at radius 1 is 1.00 bits per heavy atom. The molecule has 24 heavy (non-hydrogen) atoms. The van der Waals surface area contributed by atoms with Crippen LogP contribution in [0.3, 0.4) is 0 Å². The lowest BCUT2D eigenvalue weighted by Crippen LogP contribution is -2.23. The summed E-state index contributed by atoms with van der Waals surface area (Å²) in [6.45, 7) is 0.195. The van der Waals surface area contributed by atoms with Crippen molar-refractivity contribution in [2.24, 2.45) is 0 Å². The van der Waals surface area contributed by atoms with Gasteiger partial charge >= 0.3 is 0 Å². The number of fused-ring (bicyclic) bond motifs is 1. The number of methoxy groups -OCH3 is 2. The van der Waals surface area contributed by atoms with Gasteiger partial charge in [0.15, 0.2) is 11.5 Å². The maximum Gasteiger partial charge on any atom is 0.241 e. The molecule has 0 fully saturated rings. The van der Waals surface area contributed by atoms with Crippen LogP contribution in [0.15, 0.2) is 41.3 Å². The summed E-state index contributed by atoms with van der Waals surface area (Å²) in [7, 11) is -0.612. The van der Waals surface area contributed by atoms with E-state index in [1.54, 1.807) is 24.3 Å². The largest absolute Gasteiger partial charge is 0.497 e. The van der Waals surface area contributed by atoms with Gasteiger partial charge in [-0.25, -0.2) is 13.1 Å². The van der Waals surface area contributed by atoms with Crippen molar-refractivity contribution in [2.45, 2.75) is 11.4 Å². The molecule has 7 nitrogen and oxygen atoms in total. The molecule has 2 aromatic rings. The van der Waals surface area contributed by atoms with Gasteiger partial charge in [0, 0.05) is 18.7 Å². The zero-order valence-corrected chi connectivity index (χ0v) is 14.1. The highest BCUT2D eigenvalue weighted by atomic mass is 32.2. The van der Waals surface area contributed by atoms with Crippen molar-refractivity contribution in [1.82, 2.24) is 4.72 Å². The average Bonchev–Trinajstić information content (AvgIpc) is 3.07. The SMILES string of the molecule is COc1cc(CNS(=O)(=O)c2ccc3c(c2)OCO3)cc(OC)c1. The molecule has 8 heteroatoms. The first-order valence-corrected chi connectivity index (χ1v) is 8.61. The Labute approximate surface area is 140 Å². The van der Waals surface area contributed by atoms with Crippen LogP contribution in [0, 0.1) is 0 Å². The monoisotopic (exact) mass is 351 g/mol. The van der Waals surface area contributed by atoms with E-state index in [1.165, 1.54) is 26.4 Å². The summed E-state index contributed by atoms with van der Waals surface area (Å²) in [6.07, 6.45) is 0. The molecule has 0 saturated heterocycles. The van der Waals surface area contributed by atoms with Gasteiger partial charge in [0.25, 0.3) is 0 Å². The van der Waals surface area contributed by atoms with Gasteiger partial charge in [0.05, 0.1) is 19.1 Å². The lowest BCUT2D eigenvalue weighted by atomic mass is 10.2. The summed E-state index contributed by atoms with van der Waals surface area (Å²) < 4.78 is 48.2. The minimum Gasteiger partial charge on any atom is -0.497 e. The molecule has 0 aliphatic carbocycles. The molecule has 0 saturated carbocycles. The standard InChI is InChI=1S/C16H17NO6S/c1-20-12-5-11(6-13(7-12)21-2)9-17-24(18,19)14-3-4-15-16(8-14)23-10-22-15/h3-8,17H,9-10H2,1-2H3. The zero-order valence-electron chi connectivity index (χ0n) is 13.2. The van der Waals surface area contributed by atoms with E-state index in [0.717, 1.165) is 5.56 Å². The molecule has 2 aromatic carbocycles. The van der Waals surface area contributed by atoms with Crippen molar-refractivity contribution in [3.05, 3.63) is 42.0 Å². The highest BCUT2D eigenvalue weighted by Crippen LogP contribution is 2.33. The predicted molar refractivity (Wildman–Crippen MR) is 86.1 cm³/mol. The molecular weight excluding hydrogens is 334 g/mol. The molecule has 0 radical (unpaired) electrons. The highest BCUT2D eigenvalue weighted by Gasteiger charge is 2.20. The molecule has 1 aliphatic heterocycles. The minimum atomic E-state index is -3.69. The number of hydrogen-bond donors (Lipinski definition) is 1. The Bertz CT molecular complexity index is 827. The second-order valence-corrected chi connectivity index (χ2v) is 6.83. The van der Waals surface area contributed by atoms with Crippen molar-refractivity contribution >= 4 is 10.0 Å². The van der Waals surface area contributed by atoms with Crippen molar-refractivity contribution in [2.75, 3.05) is 21.0 Å². The van der Waals surface area contributed by atoms with Crippen LogP contribution in [0.2, 0.25) is 0 Å². The fourth-order valence-electron chi connectivity index (χ4n) is 2.27. The fourth-order valence-corrected chi connectivity index (χ4v) is 3.31. The van der Waals surface area contributed by atoms with Gasteiger partial charge in [-0.1, -0.05) is 0 Å². The van der Waals surface area contributed by atoms with Crippen LogP contribution in [0.4, 0.5) is 0 Å². The van der Waals surface area contributed by atoms with E-state index in [2.05, 4.69) is 4.72 Å². The number of hydrogen-bond acceptors (Lipinski definition) is 6. The quantitative estimate of drug-likeness (QED) is 0.856. The highest BCUT2D eigenvalue weighted by molar-refractivity contribution is 7.89. The van der Waals surface area contributed by atoms with E-state index in [4.69, 9.17) is 18.9 Å². The molecular formula is C16H17NO6S. The molecule has 0 amide bonds. The molecule has 0 bridgehead atoms. The van der Waals surface area contributed by atoms with Gasteiger partial charge in [-0.2, -0.15) is 0 Å². The minimum absolute atomic E-state index is 0.0931. The van der Waals surface area contributed by atoms with Crippen LogP contribution in [-0.4, -0.2) is 29.4 Å². The third-order valence-corrected chi connectivity index (χ3v) is 4.93. The molecule has 1 heterocycles.